The SMILES string of the molecule is Cc1cc2c(cc1CCCN)OCO2. The zero-order valence-electron chi connectivity index (χ0n) is 8.38. The van der Waals surface area contributed by atoms with Crippen LogP contribution in [-0.4, -0.2) is 13.3 Å². The molecule has 0 aliphatic carbocycles. The molecule has 0 unspecified atom stereocenters. The summed E-state index contributed by atoms with van der Waals surface area (Å²) in [7, 11) is 0. The van der Waals surface area contributed by atoms with Gasteiger partial charge in [-0.3, -0.25) is 0 Å². The van der Waals surface area contributed by atoms with Gasteiger partial charge in [-0.1, -0.05) is 0 Å². The normalized spacial score (nSPS) is 13.3. The van der Waals surface area contributed by atoms with Gasteiger partial charge in [0, 0.05) is 0 Å². The first-order valence-corrected chi connectivity index (χ1v) is 4.90. The Kier molecular flexibility index (Phi) is 2.59. The summed E-state index contributed by atoms with van der Waals surface area (Å²) in [5.74, 6) is 1.72. The predicted molar refractivity (Wildman–Crippen MR) is 54.7 cm³/mol. The van der Waals surface area contributed by atoms with Gasteiger partial charge in [-0.2, -0.15) is 0 Å². The van der Waals surface area contributed by atoms with Gasteiger partial charge >= 0.3 is 0 Å². The van der Waals surface area contributed by atoms with Crippen LogP contribution in [0.5, 0.6) is 11.5 Å². The van der Waals surface area contributed by atoms with Crippen molar-refractivity contribution >= 4 is 0 Å². The minimum absolute atomic E-state index is 0.342. The molecule has 0 aromatic heterocycles. The molecule has 0 spiro atoms. The third kappa shape index (κ3) is 1.68. The highest BCUT2D eigenvalue weighted by Crippen LogP contribution is 2.34. The van der Waals surface area contributed by atoms with Crippen molar-refractivity contribution in [2.24, 2.45) is 5.73 Å². The van der Waals surface area contributed by atoms with Gasteiger partial charge in [-0.25, -0.2) is 0 Å². The highest BCUT2D eigenvalue weighted by Gasteiger charge is 2.14. The van der Waals surface area contributed by atoms with Crippen LogP contribution in [0.15, 0.2) is 12.1 Å². The maximum absolute atomic E-state index is 5.48. The fourth-order valence-corrected chi connectivity index (χ4v) is 1.65. The summed E-state index contributed by atoms with van der Waals surface area (Å²) in [4.78, 5) is 0. The number of fused-ring (bicyclic) bond motifs is 1. The minimum Gasteiger partial charge on any atom is -0.454 e. The standard InChI is InChI=1S/C11H15NO2/c1-8-5-10-11(14-7-13-10)6-9(8)3-2-4-12/h5-6H,2-4,7,12H2,1H3. The minimum atomic E-state index is 0.342. The van der Waals surface area contributed by atoms with Crippen molar-refractivity contribution in [2.45, 2.75) is 19.8 Å². The fourth-order valence-electron chi connectivity index (χ4n) is 1.65. The number of hydrogen-bond donors (Lipinski definition) is 1. The van der Waals surface area contributed by atoms with Crippen LogP contribution < -0.4 is 15.2 Å². The molecule has 3 heteroatoms. The molecule has 3 nitrogen and oxygen atoms in total. The molecule has 0 saturated heterocycles. The topological polar surface area (TPSA) is 44.5 Å². The van der Waals surface area contributed by atoms with Gasteiger partial charge in [-0.05, 0) is 49.6 Å². The predicted octanol–water partition coefficient (Wildman–Crippen LogP) is 1.62. The number of benzene rings is 1. The zero-order chi connectivity index (χ0) is 9.97. The van der Waals surface area contributed by atoms with Crippen molar-refractivity contribution in [3.05, 3.63) is 23.3 Å². The van der Waals surface area contributed by atoms with Crippen LogP contribution in [0, 0.1) is 6.92 Å². The van der Waals surface area contributed by atoms with Gasteiger partial charge in [0.2, 0.25) is 6.79 Å². The van der Waals surface area contributed by atoms with E-state index in [-0.39, 0.29) is 0 Å². The first-order chi connectivity index (χ1) is 6.81. The van der Waals surface area contributed by atoms with Crippen molar-refractivity contribution in [1.29, 1.82) is 0 Å². The summed E-state index contributed by atoms with van der Waals surface area (Å²) in [6.07, 6.45) is 2.03. The molecule has 0 atom stereocenters. The Balaban J connectivity index is 2.23. The monoisotopic (exact) mass is 193 g/mol. The first-order valence-electron chi connectivity index (χ1n) is 4.90. The fraction of sp³-hybridized carbons (Fsp3) is 0.455. The molecule has 1 aromatic carbocycles. The molecule has 0 fully saturated rings. The Bertz CT molecular complexity index is 336. The highest BCUT2D eigenvalue weighted by atomic mass is 16.7. The molecule has 0 bridgehead atoms. The van der Waals surface area contributed by atoms with Crippen LogP contribution in [0.25, 0.3) is 0 Å². The van der Waals surface area contributed by atoms with Crippen LogP contribution in [0.2, 0.25) is 0 Å². The second kappa shape index (κ2) is 3.88. The van der Waals surface area contributed by atoms with E-state index < -0.39 is 0 Å². The molecule has 0 radical (unpaired) electrons. The number of rotatable bonds is 3. The summed E-state index contributed by atoms with van der Waals surface area (Å²) in [6, 6.07) is 4.10. The van der Waals surface area contributed by atoms with Gasteiger partial charge in [0.15, 0.2) is 11.5 Å². The van der Waals surface area contributed by atoms with Crippen molar-refractivity contribution in [3.8, 4) is 11.5 Å². The molecule has 76 valence electrons. The van der Waals surface area contributed by atoms with Crippen LogP contribution in [0.3, 0.4) is 0 Å². The van der Waals surface area contributed by atoms with Crippen molar-refractivity contribution in [2.75, 3.05) is 13.3 Å². The van der Waals surface area contributed by atoms with Crippen molar-refractivity contribution < 1.29 is 9.47 Å². The largest absolute Gasteiger partial charge is 0.454 e. The summed E-state index contributed by atoms with van der Waals surface area (Å²) in [5, 5.41) is 0. The summed E-state index contributed by atoms with van der Waals surface area (Å²) >= 11 is 0. The van der Waals surface area contributed by atoms with Crippen LogP contribution >= 0.6 is 0 Å². The first kappa shape index (κ1) is 9.34. The molecule has 1 aliphatic heterocycles. The van der Waals surface area contributed by atoms with Crippen LogP contribution in [-0.2, 0) is 6.42 Å². The lowest BCUT2D eigenvalue weighted by Crippen LogP contribution is -2.01. The quantitative estimate of drug-likeness (QED) is 0.793. The van der Waals surface area contributed by atoms with E-state index in [9.17, 15) is 0 Å². The molecule has 1 aromatic rings. The van der Waals surface area contributed by atoms with Gasteiger partial charge < -0.3 is 15.2 Å². The molecule has 2 rings (SSSR count). The van der Waals surface area contributed by atoms with E-state index in [4.69, 9.17) is 15.2 Å². The maximum Gasteiger partial charge on any atom is 0.231 e. The highest BCUT2D eigenvalue weighted by molar-refractivity contribution is 5.48. The Morgan fingerprint density at radius 2 is 2.00 bits per heavy atom. The molecule has 0 saturated carbocycles. The molecule has 14 heavy (non-hydrogen) atoms. The molecule has 2 N–H and O–H groups in total. The Morgan fingerprint density at radius 3 is 2.71 bits per heavy atom. The second-order valence-corrected chi connectivity index (χ2v) is 3.52. The number of ether oxygens (including phenoxy) is 2. The average molecular weight is 193 g/mol. The molecule has 1 aliphatic rings. The van der Waals surface area contributed by atoms with Gasteiger partial charge in [0.05, 0.1) is 0 Å². The summed E-state index contributed by atoms with van der Waals surface area (Å²) < 4.78 is 10.6. The van der Waals surface area contributed by atoms with Gasteiger partial charge in [0.25, 0.3) is 0 Å². The third-order valence-electron chi connectivity index (χ3n) is 2.48. The lowest BCUT2D eigenvalue weighted by atomic mass is 10.0. The Morgan fingerprint density at radius 1 is 1.29 bits per heavy atom. The smallest absolute Gasteiger partial charge is 0.231 e. The Hall–Kier alpha value is -1.22. The third-order valence-corrected chi connectivity index (χ3v) is 2.48. The van der Waals surface area contributed by atoms with E-state index in [1.807, 2.05) is 6.07 Å². The average Bonchev–Trinajstić information content (AvgIpc) is 2.61. The molecular formula is C11H15NO2. The number of aryl methyl sites for hydroxylation is 2. The van der Waals surface area contributed by atoms with E-state index in [0.717, 1.165) is 30.9 Å². The van der Waals surface area contributed by atoms with Crippen LogP contribution in [0.1, 0.15) is 17.5 Å². The number of nitrogens with two attached hydrogens (primary N) is 1. The lowest BCUT2D eigenvalue weighted by Gasteiger charge is -2.06. The second-order valence-electron chi connectivity index (χ2n) is 3.52. The van der Waals surface area contributed by atoms with E-state index >= 15 is 0 Å². The van der Waals surface area contributed by atoms with E-state index in [1.165, 1.54) is 11.1 Å². The van der Waals surface area contributed by atoms with Gasteiger partial charge in [0.1, 0.15) is 0 Å². The van der Waals surface area contributed by atoms with E-state index in [1.54, 1.807) is 0 Å². The lowest BCUT2D eigenvalue weighted by molar-refractivity contribution is 0.174. The van der Waals surface area contributed by atoms with Crippen LogP contribution in [0.4, 0.5) is 0 Å². The molecular weight excluding hydrogens is 178 g/mol. The van der Waals surface area contributed by atoms with Gasteiger partial charge in [-0.15, -0.1) is 0 Å². The van der Waals surface area contributed by atoms with Crippen molar-refractivity contribution in [3.63, 3.8) is 0 Å². The van der Waals surface area contributed by atoms with Crippen molar-refractivity contribution in [1.82, 2.24) is 0 Å². The maximum atomic E-state index is 5.48. The molecule has 0 amide bonds. The molecule has 1 heterocycles. The zero-order valence-corrected chi connectivity index (χ0v) is 8.38. The number of hydrogen-bond acceptors (Lipinski definition) is 3. The summed E-state index contributed by atoms with van der Waals surface area (Å²) in [5.41, 5.74) is 8.04. The van der Waals surface area contributed by atoms with E-state index in [2.05, 4.69) is 13.0 Å². The Labute approximate surface area is 83.8 Å². The van der Waals surface area contributed by atoms with E-state index in [0.29, 0.717) is 6.79 Å². The summed E-state index contributed by atoms with van der Waals surface area (Å²) in [6.45, 7) is 3.16.